The van der Waals surface area contributed by atoms with Gasteiger partial charge in [0.25, 0.3) is 0 Å². The summed E-state index contributed by atoms with van der Waals surface area (Å²) in [4.78, 5) is 29.7. The first-order valence-electron chi connectivity index (χ1n) is 12.6. The second-order valence-corrected chi connectivity index (χ2v) is 9.70. The quantitative estimate of drug-likeness (QED) is 0.340. The first-order chi connectivity index (χ1) is 18.6. The summed E-state index contributed by atoms with van der Waals surface area (Å²) in [6.07, 6.45) is 1.92. The number of anilines is 3. The smallest absolute Gasteiger partial charge is 0.226 e. The molecule has 4 rings (SSSR count). The van der Waals surface area contributed by atoms with Crippen LogP contribution in [0, 0.1) is 25.2 Å². The molecule has 4 aromatic rings. The maximum Gasteiger partial charge on any atom is 0.226 e. The lowest BCUT2D eigenvalue weighted by molar-refractivity contribution is -0.128. The van der Waals surface area contributed by atoms with Gasteiger partial charge in [0, 0.05) is 37.8 Å². The third-order valence-electron chi connectivity index (χ3n) is 6.83. The van der Waals surface area contributed by atoms with E-state index in [0.717, 1.165) is 33.4 Å². The van der Waals surface area contributed by atoms with Gasteiger partial charge in [-0.1, -0.05) is 12.1 Å². The summed E-state index contributed by atoms with van der Waals surface area (Å²) >= 11 is 0. The fourth-order valence-electron chi connectivity index (χ4n) is 4.53. The average Bonchev–Trinajstić information content (AvgIpc) is 2.92. The average molecular weight is 524 g/mol. The zero-order valence-electron chi connectivity index (χ0n) is 23.4. The van der Waals surface area contributed by atoms with Crippen molar-refractivity contribution in [2.75, 3.05) is 38.5 Å². The van der Waals surface area contributed by atoms with E-state index < -0.39 is 0 Å². The number of nitrogens with one attached hydrogen (secondary N) is 1. The highest BCUT2D eigenvalue weighted by molar-refractivity contribution is 5.92. The number of nitrogens with zero attached hydrogens (tertiary/aromatic N) is 6. The van der Waals surface area contributed by atoms with Gasteiger partial charge in [0.2, 0.25) is 11.8 Å². The molecule has 9 heteroatoms. The number of likely N-dealkylation sites (N-methyl/N-ethyl adjacent to an activating group) is 1. The number of aromatic nitrogens is 3. The molecule has 0 saturated heterocycles. The van der Waals surface area contributed by atoms with Gasteiger partial charge < -0.3 is 19.9 Å². The third kappa shape index (κ3) is 5.75. The molecule has 2 aromatic carbocycles. The van der Waals surface area contributed by atoms with Crippen molar-refractivity contribution in [2.45, 2.75) is 33.2 Å². The van der Waals surface area contributed by atoms with Crippen LogP contribution in [0.1, 0.15) is 41.0 Å². The molecule has 0 aliphatic carbocycles. The number of amides is 1. The van der Waals surface area contributed by atoms with E-state index in [9.17, 15) is 10.1 Å². The fourth-order valence-corrected chi connectivity index (χ4v) is 4.53. The zero-order valence-corrected chi connectivity index (χ0v) is 23.4. The van der Waals surface area contributed by atoms with Crippen molar-refractivity contribution in [3.8, 4) is 11.9 Å². The number of nitriles is 1. The number of carbonyl (C=O) groups is 1. The van der Waals surface area contributed by atoms with Crippen LogP contribution in [0.25, 0.3) is 10.9 Å². The predicted octanol–water partition coefficient (Wildman–Crippen LogP) is 5.09. The third-order valence-corrected chi connectivity index (χ3v) is 6.83. The molecule has 1 atom stereocenters. The van der Waals surface area contributed by atoms with Crippen molar-refractivity contribution in [1.82, 2.24) is 19.9 Å². The topological polar surface area (TPSA) is 107 Å². The van der Waals surface area contributed by atoms with Gasteiger partial charge in [-0.2, -0.15) is 5.26 Å². The molecule has 0 aliphatic rings. The first kappa shape index (κ1) is 27.3. The van der Waals surface area contributed by atoms with Crippen LogP contribution in [0.3, 0.4) is 0 Å². The summed E-state index contributed by atoms with van der Waals surface area (Å²) in [7, 11) is 6.95. The molecule has 2 heterocycles. The Hall–Kier alpha value is -4.71. The second-order valence-electron chi connectivity index (χ2n) is 9.70. The lowest BCUT2D eigenvalue weighted by Gasteiger charge is -2.23. The van der Waals surface area contributed by atoms with Gasteiger partial charge in [0.1, 0.15) is 11.6 Å². The molecule has 0 unspecified atom stereocenters. The number of ether oxygens (including phenoxy) is 1. The number of hydrogen-bond acceptors (Lipinski definition) is 8. The van der Waals surface area contributed by atoms with E-state index in [4.69, 9.17) is 9.72 Å². The molecule has 0 fully saturated rings. The van der Waals surface area contributed by atoms with Crippen LogP contribution in [-0.4, -0.2) is 54.0 Å². The lowest BCUT2D eigenvalue weighted by atomic mass is 9.98. The summed E-state index contributed by atoms with van der Waals surface area (Å²) < 4.78 is 5.40. The van der Waals surface area contributed by atoms with E-state index >= 15 is 0 Å². The Morgan fingerprint density at radius 1 is 1.10 bits per heavy atom. The van der Waals surface area contributed by atoms with E-state index in [1.165, 1.54) is 0 Å². The van der Waals surface area contributed by atoms with Gasteiger partial charge in [-0.05, 0) is 62.2 Å². The summed E-state index contributed by atoms with van der Waals surface area (Å²) in [5.41, 5.74) is 5.91. The molecule has 0 aliphatic heterocycles. The first-order valence-corrected chi connectivity index (χ1v) is 12.6. The standard InChI is InChI=1S/C30H33N7O2/c1-18-21(16-31)9-8-10-25(18)19(2)33-29-26-15-23(11-12-27(26)34-20(3)35-29)37(6)24-13-22(14-28(38)36(4)5)30(39-7)32-17-24/h8-13,15,17,19H,14H2,1-7H3,(H,33,34,35)/t19-/m1/s1. The van der Waals surface area contributed by atoms with Gasteiger partial charge in [-0.15, -0.1) is 0 Å². The molecule has 0 bridgehead atoms. The summed E-state index contributed by atoms with van der Waals surface area (Å²) in [5.74, 6) is 1.77. The van der Waals surface area contributed by atoms with Crippen LogP contribution in [0.15, 0.2) is 48.7 Å². The van der Waals surface area contributed by atoms with Crippen molar-refractivity contribution in [2.24, 2.45) is 0 Å². The maximum atomic E-state index is 12.4. The Balaban J connectivity index is 1.71. The molecule has 39 heavy (non-hydrogen) atoms. The van der Waals surface area contributed by atoms with Crippen LogP contribution >= 0.6 is 0 Å². The Morgan fingerprint density at radius 3 is 2.56 bits per heavy atom. The van der Waals surface area contributed by atoms with E-state index in [2.05, 4.69) is 28.3 Å². The van der Waals surface area contributed by atoms with E-state index in [1.807, 2.05) is 68.3 Å². The Morgan fingerprint density at radius 2 is 1.87 bits per heavy atom. The SMILES string of the molecule is COc1ncc(N(C)c2ccc3nc(C)nc(N[C@H](C)c4cccc(C#N)c4C)c3c2)cc1CC(=O)N(C)C. The second kappa shape index (κ2) is 11.4. The van der Waals surface area contributed by atoms with Crippen LogP contribution in [0.5, 0.6) is 5.88 Å². The maximum absolute atomic E-state index is 12.4. The van der Waals surface area contributed by atoms with Crippen LogP contribution in [-0.2, 0) is 11.2 Å². The fraction of sp³-hybridized carbons (Fsp3) is 0.300. The van der Waals surface area contributed by atoms with Crippen molar-refractivity contribution in [1.29, 1.82) is 5.26 Å². The molecule has 9 nitrogen and oxygen atoms in total. The van der Waals surface area contributed by atoms with Crippen LogP contribution < -0.4 is 15.0 Å². The van der Waals surface area contributed by atoms with Crippen molar-refractivity contribution < 1.29 is 9.53 Å². The molecular weight excluding hydrogens is 490 g/mol. The molecule has 200 valence electrons. The monoisotopic (exact) mass is 523 g/mol. The van der Waals surface area contributed by atoms with E-state index in [1.54, 1.807) is 32.3 Å². The summed E-state index contributed by atoms with van der Waals surface area (Å²) in [6, 6.07) is 15.9. The minimum Gasteiger partial charge on any atom is -0.481 e. The number of methoxy groups -OCH3 is 1. The number of pyridine rings is 1. The molecule has 0 spiro atoms. The van der Waals surface area contributed by atoms with E-state index in [0.29, 0.717) is 28.6 Å². The molecule has 0 saturated carbocycles. The highest BCUT2D eigenvalue weighted by Crippen LogP contribution is 2.33. The van der Waals surface area contributed by atoms with E-state index in [-0.39, 0.29) is 18.4 Å². The van der Waals surface area contributed by atoms with Gasteiger partial charge in [0.15, 0.2) is 0 Å². The van der Waals surface area contributed by atoms with Gasteiger partial charge >= 0.3 is 0 Å². The Kier molecular flexibility index (Phi) is 7.96. The molecule has 1 amide bonds. The van der Waals surface area contributed by atoms with Crippen molar-refractivity contribution in [3.05, 3.63) is 76.7 Å². The molecule has 0 radical (unpaired) electrons. The lowest BCUT2D eigenvalue weighted by Crippen LogP contribution is -2.24. The number of carbonyl (C=O) groups excluding carboxylic acids is 1. The van der Waals surface area contributed by atoms with Gasteiger partial charge in [0.05, 0.1) is 48.6 Å². The Labute approximate surface area is 229 Å². The minimum absolute atomic E-state index is 0.0338. The number of rotatable bonds is 8. The molecule has 2 aromatic heterocycles. The van der Waals surface area contributed by atoms with Gasteiger partial charge in [-0.3, -0.25) is 4.79 Å². The highest BCUT2D eigenvalue weighted by Gasteiger charge is 2.17. The van der Waals surface area contributed by atoms with Crippen molar-refractivity contribution in [3.63, 3.8) is 0 Å². The predicted molar refractivity (Wildman–Crippen MR) is 153 cm³/mol. The number of hydrogen-bond donors (Lipinski definition) is 1. The number of benzene rings is 2. The van der Waals surface area contributed by atoms with Gasteiger partial charge in [-0.25, -0.2) is 15.0 Å². The highest BCUT2D eigenvalue weighted by atomic mass is 16.5. The van der Waals surface area contributed by atoms with Crippen LogP contribution in [0.4, 0.5) is 17.2 Å². The number of aryl methyl sites for hydroxylation is 1. The number of fused-ring (bicyclic) bond motifs is 1. The molecular formula is C30H33N7O2. The van der Waals surface area contributed by atoms with Crippen molar-refractivity contribution >= 4 is 34.0 Å². The summed E-state index contributed by atoms with van der Waals surface area (Å²) in [6.45, 7) is 5.89. The summed E-state index contributed by atoms with van der Waals surface area (Å²) in [5, 5.41) is 13.9. The largest absolute Gasteiger partial charge is 0.481 e. The minimum atomic E-state index is -0.0836. The Bertz CT molecular complexity index is 1580. The van der Waals surface area contributed by atoms with Crippen LogP contribution in [0.2, 0.25) is 0 Å². The zero-order chi connectivity index (χ0) is 28.3. The normalized spacial score (nSPS) is 11.5. The molecule has 1 N–H and O–H groups in total.